The summed E-state index contributed by atoms with van der Waals surface area (Å²) in [5, 5.41) is 10.6. The summed E-state index contributed by atoms with van der Waals surface area (Å²) < 4.78 is 68.5. The third-order valence-electron chi connectivity index (χ3n) is 16.5. The summed E-state index contributed by atoms with van der Waals surface area (Å²) >= 11 is 0. The lowest BCUT2D eigenvalue weighted by Gasteiger charge is -2.21. The van der Waals surface area contributed by atoms with Gasteiger partial charge in [-0.15, -0.1) is 0 Å². The number of carbonyl (C=O) groups excluding carboxylic acids is 4. The Morgan fingerprint density at radius 3 is 0.892 bits per heavy atom. The van der Waals surface area contributed by atoms with Gasteiger partial charge in [0.2, 0.25) is 0 Å². The molecule has 102 heavy (non-hydrogen) atoms. The first-order valence-corrected chi connectivity index (χ1v) is 42.8. The quantitative estimate of drug-likeness (QED) is 0.0169. The van der Waals surface area contributed by atoms with Crippen LogP contribution in [0.15, 0.2) is 122 Å². The first kappa shape index (κ1) is 97.5. The number of hydrogen-bond acceptors (Lipinski definition) is 15. The van der Waals surface area contributed by atoms with E-state index < -0.39 is 97.5 Å². The first-order valence-electron chi connectivity index (χ1n) is 39.8. The van der Waals surface area contributed by atoms with Gasteiger partial charge in [0.05, 0.1) is 32.8 Å². The van der Waals surface area contributed by atoms with E-state index in [2.05, 4.69) is 125 Å². The molecule has 0 aromatic carbocycles. The number of phosphoric ester groups is 2. The highest BCUT2D eigenvalue weighted by atomic mass is 31.2. The summed E-state index contributed by atoms with van der Waals surface area (Å²) in [5.41, 5.74) is 0. The minimum absolute atomic E-state index is 0.0642. The topological polar surface area (TPSA) is 237 Å². The van der Waals surface area contributed by atoms with E-state index in [9.17, 15) is 43.2 Å². The second-order valence-electron chi connectivity index (χ2n) is 26.3. The van der Waals surface area contributed by atoms with Crippen LogP contribution in [0.2, 0.25) is 0 Å². The SMILES string of the molecule is CC/C=C\C/C=C\C/C=C\C/C=C\C/C=C\CC(=O)OCC(COP(=O)(O)OCC(O)COP(=O)(O)OCC(COC(=O)CCCCCCCC/C=C\C/C=C\C/C=C\C/C=C\CC)OC(=O)CCCCCCCCCCCCCCCCC)OC(=O)CCCCCCC/C=C\CCCCCC. The summed E-state index contributed by atoms with van der Waals surface area (Å²) in [6, 6.07) is 0. The average Bonchev–Trinajstić information content (AvgIpc) is 0.909. The molecule has 586 valence electrons. The zero-order valence-electron chi connectivity index (χ0n) is 64.0. The molecule has 0 saturated heterocycles. The van der Waals surface area contributed by atoms with Crippen molar-refractivity contribution in [2.45, 2.75) is 341 Å². The third-order valence-corrected chi connectivity index (χ3v) is 18.4. The maximum absolute atomic E-state index is 13.1. The van der Waals surface area contributed by atoms with Crippen molar-refractivity contribution >= 4 is 39.5 Å². The lowest BCUT2D eigenvalue weighted by molar-refractivity contribution is -0.161. The Morgan fingerprint density at radius 1 is 0.294 bits per heavy atom. The Labute approximate surface area is 619 Å². The zero-order valence-corrected chi connectivity index (χ0v) is 65.8. The molecule has 0 aliphatic rings. The van der Waals surface area contributed by atoms with Gasteiger partial charge in [0.1, 0.15) is 19.3 Å². The lowest BCUT2D eigenvalue weighted by atomic mass is 10.0. The highest BCUT2D eigenvalue weighted by Gasteiger charge is 2.30. The van der Waals surface area contributed by atoms with Gasteiger partial charge < -0.3 is 33.8 Å². The van der Waals surface area contributed by atoms with E-state index in [4.69, 9.17) is 37.0 Å². The molecule has 0 aromatic heterocycles. The molecular weight excluding hydrogens is 1330 g/mol. The average molecular weight is 1470 g/mol. The van der Waals surface area contributed by atoms with E-state index in [1.165, 1.54) is 89.9 Å². The van der Waals surface area contributed by atoms with Gasteiger partial charge in [-0.1, -0.05) is 303 Å². The van der Waals surface area contributed by atoms with Crippen LogP contribution in [0.4, 0.5) is 0 Å². The van der Waals surface area contributed by atoms with Crippen LogP contribution >= 0.6 is 15.6 Å². The van der Waals surface area contributed by atoms with Crippen LogP contribution in [0.5, 0.6) is 0 Å². The summed E-state index contributed by atoms with van der Waals surface area (Å²) in [6.45, 7) is 4.52. The van der Waals surface area contributed by atoms with Gasteiger partial charge in [0.25, 0.3) is 0 Å². The van der Waals surface area contributed by atoms with Crippen molar-refractivity contribution < 1.29 is 80.2 Å². The highest BCUT2D eigenvalue weighted by Crippen LogP contribution is 2.45. The fourth-order valence-electron chi connectivity index (χ4n) is 10.5. The van der Waals surface area contributed by atoms with Gasteiger partial charge in [-0.25, -0.2) is 9.13 Å². The number of rotatable bonds is 74. The number of hydrogen-bond donors (Lipinski definition) is 3. The van der Waals surface area contributed by atoms with Crippen LogP contribution in [-0.2, 0) is 65.4 Å². The standard InChI is InChI=1S/C83H142O17P2/c1-5-9-13-17-21-25-29-33-36-37-38-39-42-45-48-52-56-60-64-68-81(86)94-74-79(100-83(88)70-66-62-58-54-50-46-41-35-31-27-23-19-15-11-7-3)76-98-102(91,92)96-72-77(84)71-95-101(89,90)97-75-78(99-82(87)69-65-61-57-53-49-43-32-28-24-20-16-12-8-4)73-93-80(85)67-63-59-55-51-47-44-40-34-30-26-22-18-14-10-6-2/h9-10,13-14,21-22,25-26,28,32-34,36,38-40,47,51,59,63,77-79,84H,5-8,11-12,15-20,23-24,27,29-31,35,37,41-46,48-50,52-58,60-62,64-76H2,1-4H3,(H,89,90)(H,91,92)/b13-9-,14-10-,25-21-,26-22-,32-28-,36-33-,39-38-,40-34-,51-47-,63-59-. The fraction of sp³-hybridized carbons (Fsp3) is 0.711. The van der Waals surface area contributed by atoms with Crippen molar-refractivity contribution in [2.75, 3.05) is 39.6 Å². The van der Waals surface area contributed by atoms with Gasteiger partial charge in [-0.05, 0) is 116 Å². The van der Waals surface area contributed by atoms with Crippen LogP contribution in [0.1, 0.15) is 323 Å². The van der Waals surface area contributed by atoms with Gasteiger partial charge in [0.15, 0.2) is 12.2 Å². The molecule has 0 amide bonds. The molecule has 3 N–H and O–H groups in total. The number of carbonyl (C=O) groups is 4. The molecule has 5 unspecified atom stereocenters. The molecule has 0 radical (unpaired) electrons. The van der Waals surface area contributed by atoms with Crippen molar-refractivity contribution in [3.05, 3.63) is 122 Å². The fourth-order valence-corrected chi connectivity index (χ4v) is 12.0. The smallest absolute Gasteiger partial charge is 0.462 e. The van der Waals surface area contributed by atoms with E-state index >= 15 is 0 Å². The molecule has 0 spiro atoms. The lowest BCUT2D eigenvalue weighted by Crippen LogP contribution is -2.30. The summed E-state index contributed by atoms with van der Waals surface area (Å²) in [5.74, 6) is -2.34. The van der Waals surface area contributed by atoms with Gasteiger partial charge in [-0.2, -0.15) is 0 Å². The Bertz CT molecular complexity index is 2410. The maximum atomic E-state index is 13.1. The second kappa shape index (κ2) is 74.7. The molecule has 0 rings (SSSR count). The van der Waals surface area contributed by atoms with Crippen molar-refractivity contribution in [3.8, 4) is 0 Å². The molecule has 0 saturated carbocycles. The van der Waals surface area contributed by atoms with Gasteiger partial charge >= 0.3 is 39.5 Å². The summed E-state index contributed by atoms with van der Waals surface area (Å²) in [4.78, 5) is 72.9. The molecule has 0 heterocycles. The van der Waals surface area contributed by atoms with E-state index in [1.807, 2.05) is 18.2 Å². The van der Waals surface area contributed by atoms with Crippen molar-refractivity contribution in [1.29, 1.82) is 0 Å². The van der Waals surface area contributed by atoms with Crippen LogP contribution in [0.25, 0.3) is 0 Å². The van der Waals surface area contributed by atoms with E-state index in [-0.39, 0.29) is 25.7 Å². The Balaban J connectivity index is 5.41. The predicted molar refractivity (Wildman–Crippen MR) is 418 cm³/mol. The van der Waals surface area contributed by atoms with Crippen LogP contribution in [0.3, 0.4) is 0 Å². The number of aliphatic hydroxyl groups excluding tert-OH is 1. The molecular formula is C83H142O17P2. The molecule has 17 nitrogen and oxygen atoms in total. The monoisotopic (exact) mass is 1470 g/mol. The number of esters is 4. The molecule has 0 aliphatic carbocycles. The van der Waals surface area contributed by atoms with Crippen LogP contribution in [-0.4, -0.2) is 96.7 Å². The van der Waals surface area contributed by atoms with Crippen LogP contribution < -0.4 is 0 Å². The van der Waals surface area contributed by atoms with E-state index in [1.54, 1.807) is 6.08 Å². The Hall–Kier alpha value is -4.54. The third kappa shape index (κ3) is 73.8. The summed E-state index contributed by atoms with van der Waals surface area (Å²) in [7, 11) is -9.98. The van der Waals surface area contributed by atoms with E-state index in [0.29, 0.717) is 25.7 Å². The van der Waals surface area contributed by atoms with Gasteiger partial charge in [0, 0.05) is 19.3 Å². The summed E-state index contributed by atoms with van der Waals surface area (Å²) in [6.07, 6.45) is 82.1. The molecule has 0 aliphatic heterocycles. The number of allylic oxidation sites excluding steroid dienone is 19. The highest BCUT2D eigenvalue weighted by molar-refractivity contribution is 7.47. The van der Waals surface area contributed by atoms with E-state index in [0.717, 1.165) is 154 Å². The maximum Gasteiger partial charge on any atom is 0.472 e. The molecule has 5 atom stereocenters. The predicted octanol–water partition coefficient (Wildman–Crippen LogP) is 23.1. The minimum Gasteiger partial charge on any atom is -0.462 e. The number of unbranched alkanes of at least 4 members (excludes halogenated alkanes) is 29. The zero-order chi connectivity index (χ0) is 74.6. The Morgan fingerprint density at radius 2 is 0.549 bits per heavy atom. The largest absolute Gasteiger partial charge is 0.472 e. The van der Waals surface area contributed by atoms with Crippen molar-refractivity contribution in [3.63, 3.8) is 0 Å². The number of ether oxygens (including phenoxy) is 4. The molecule has 0 fully saturated rings. The van der Waals surface area contributed by atoms with Crippen molar-refractivity contribution in [1.82, 2.24) is 0 Å². The van der Waals surface area contributed by atoms with Crippen molar-refractivity contribution in [2.24, 2.45) is 0 Å². The molecule has 0 aromatic rings. The minimum atomic E-state index is -5.00. The second-order valence-corrected chi connectivity index (χ2v) is 29.2. The number of phosphoric acid groups is 2. The normalized spacial score (nSPS) is 14.5. The first-order chi connectivity index (χ1) is 49.7. The number of aliphatic hydroxyl groups is 1. The Kier molecular flexibility index (Phi) is 71.4. The molecule has 0 bridgehead atoms. The molecule has 19 heteroatoms. The van der Waals surface area contributed by atoms with Crippen LogP contribution in [0, 0.1) is 0 Å². The van der Waals surface area contributed by atoms with Gasteiger partial charge in [-0.3, -0.25) is 37.3 Å².